The van der Waals surface area contributed by atoms with E-state index in [4.69, 9.17) is 11.6 Å². The maximum absolute atomic E-state index is 6.04. The number of halogens is 1. The van der Waals surface area contributed by atoms with Crippen LogP contribution in [-0.4, -0.2) is 22.6 Å². The first-order valence-electron chi connectivity index (χ1n) is 9.53. The largest absolute Gasteiger partial charge is 0.344 e. The molecule has 3 heteroatoms. The van der Waals surface area contributed by atoms with E-state index in [2.05, 4.69) is 67.6 Å². The summed E-state index contributed by atoms with van der Waals surface area (Å²) in [6, 6.07) is 16.2. The van der Waals surface area contributed by atoms with Gasteiger partial charge in [-0.15, -0.1) is 0 Å². The molecular formula is C23H27ClN2. The number of likely N-dealkylation sites (N-methyl/N-ethyl adjacent to an activating group) is 1. The van der Waals surface area contributed by atoms with Crippen molar-refractivity contribution < 1.29 is 0 Å². The van der Waals surface area contributed by atoms with Gasteiger partial charge < -0.3 is 4.57 Å². The maximum atomic E-state index is 6.04. The number of rotatable bonds is 3. The number of benzene rings is 2. The number of aryl methyl sites for hydroxylation is 3. The molecule has 136 valence electrons. The van der Waals surface area contributed by atoms with Crippen LogP contribution in [0.2, 0.25) is 5.02 Å². The molecule has 0 aliphatic carbocycles. The van der Waals surface area contributed by atoms with Gasteiger partial charge in [0.25, 0.3) is 0 Å². The van der Waals surface area contributed by atoms with Crippen molar-refractivity contribution in [3.63, 3.8) is 0 Å². The molecule has 2 nitrogen and oxygen atoms in total. The van der Waals surface area contributed by atoms with E-state index < -0.39 is 0 Å². The SMILES string of the molecule is Cc1ccc2c(c1)c1c(n2CCc2ccc(Cl)cc2)CC(C)N(C)C1C. The lowest BCUT2D eigenvalue weighted by molar-refractivity contribution is 0.177. The van der Waals surface area contributed by atoms with Crippen LogP contribution >= 0.6 is 11.6 Å². The van der Waals surface area contributed by atoms with Crippen molar-refractivity contribution >= 4 is 22.5 Å². The van der Waals surface area contributed by atoms with Crippen LogP contribution in [0.4, 0.5) is 0 Å². The third-order valence-corrected chi connectivity index (χ3v) is 6.37. The second kappa shape index (κ2) is 6.75. The highest BCUT2D eigenvalue weighted by Crippen LogP contribution is 2.39. The average molecular weight is 367 g/mol. The molecule has 2 atom stereocenters. The number of nitrogens with zero attached hydrogens (tertiary/aromatic N) is 2. The molecular weight excluding hydrogens is 340 g/mol. The minimum absolute atomic E-state index is 0.454. The van der Waals surface area contributed by atoms with Crippen molar-refractivity contribution in [3.05, 3.63) is 69.9 Å². The molecule has 0 spiro atoms. The maximum Gasteiger partial charge on any atom is 0.0486 e. The summed E-state index contributed by atoms with van der Waals surface area (Å²) in [5, 5.41) is 2.24. The average Bonchev–Trinajstić information content (AvgIpc) is 2.92. The molecule has 2 aromatic carbocycles. The third-order valence-electron chi connectivity index (χ3n) is 6.12. The predicted octanol–water partition coefficient (Wildman–Crippen LogP) is 5.78. The predicted molar refractivity (Wildman–Crippen MR) is 111 cm³/mol. The summed E-state index contributed by atoms with van der Waals surface area (Å²) in [6.45, 7) is 7.89. The molecule has 1 aromatic heterocycles. The molecule has 1 aliphatic heterocycles. The summed E-state index contributed by atoms with van der Waals surface area (Å²) in [6.07, 6.45) is 2.14. The minimum Gasteiger partial charge on any atom is -0.344 e. The number of fused-ring (bicyclic) bond motifs is 3. The van der Waals surface area contributed by atoms with E-state index >= 15 is 0 Å². The molecule has 2 heterocycles. The van der Waals surface area contributed by atoms with E-state index in [-0.39, 0.29) is 0 Å². The van der Waals surface area contributed by atoms with E-state index in [1.807, 2.05) is 12.1 Å². The van der Waals surface area contributed by atoms with E-state index in [9.17, 15) is 0 Å². The van der Waals surface area contributed by atoms with Crippen LogP contribution in [0.5, 0.6) is 0 Å². The van der Waals surface area contributed by atoms with Crippen molar-refractivity contribution in [1.29, 1.82) is 0 Å². The summed E-state index contributed by atoms with van der Waals surface area (Å²) < 4.78 is 2.57. The molecule has 0 saturated carbocycles. The van der Waals surface area contributed by atoms with E-state index in [0.717, 1.165) is 24.4 Å². The number of aromatic nitrogens is 1. The fourth-order valence-electron chi connectivity index (χ4n) is 4.39. The molecule has 0 amide bonds. The van der Waals surface area contributed by atoms with Gasteiger partial charge in [0.1, 0.15) is 0 Å². The van der Waals surface area contributed by atoms with Gasteiger partial charge in [-0.2, -0.15) is 0 Å². The Kier molecular flexibility index (Phi) is 4.58. The summed E-state index contributed by atoms with van der Waals surface area (Å²) in [5.41, 5.74) is 7.11. The zero-order valence-corrected chi connectivity index (χ0v) is 16.8. The summed E-state index contributed by atoms with van der Waals surface area (Å²) in [7, 11) is 2.25. The molecule has 0 bridgehead atoms. The summed E-state index contributed by atoms with van der Waals surface area (Å²) in [4.78, 5) is 2.51. The molecule has 2 unspecified atom stereocenters. The van der Waals surface area contributed by atoms with Gasteiger partial charge in [0, 0.05) is 46.7 Å². The Labute approximate surface area is 161 Å². The molecule has 0 fully saturated rings. The first-order valence-corrected chi connectivity index (χ1v) is 9.91. The molecule has 0 radical (unpaired) electrons. The van der Waals surface area contributed by atoms with E-state index in [1.165, 1.54) is 33.3 Å². The number of hydrogen-bond donors (Lipinski definition) is 0. The monoisotopic (exact) mass is 366 g/mol. The first kappa shape index (κ1) is 17.6. The van der Waals surface area contributed by atoms with Crippen LogP contribution in [0.3, 0.4) is 0 Å². The van der Waals surface area contributed by atoms with Gasteiger partial charge in [-0.3, -0.25) is 4.90 Å². The topological polar surface area (TPSA) is 8.17 Å². The lowest BCUT2D eigenvalue weighted by Gasteiger charge is -2.37. The van der Waals surface area contributed by atoms with Crippen LogP contribution in [-0.2, 0) is 19.4 Å². The Bertz CT molecular complexity index is 939. The lowest BCUT2D eigenvalue weighted by atomic mass is 9.93. The van der Waals surface area contributed by atoms with Gasteiger partial charge in [0.15, 0.2) is 0 Å². The Morgan fingerprint density at radius 2 is 1.81 bits per heavy atom. The van der Waals surface area contributed by atoms with Gasteiger partial charge >= 0.3 is 0 Å². The van der Waals surface area contributed by atoms with Crippen LogP contribution in [0, 0.1) is 6.92 Å². The molecule has 4 rings (SSSR count). The van der Waals surface area contributed by atoms with E-state index in [0.29, 0.717) is 12.1 Å². The van der Waals surface area contributed by atoms with Crippen molar-refractivity contribution in [2.75, 3.05) is 7.05 Å². The zero-order valence-electron chi connectivity index (χ0n) is 16.1. The highest BCUT2D eigenvalue weighted by Gasteiger charge is 2.31. The zero-order chi connectivity index (χ0) is 18.4. The Morgan fingerprint density at radius 3 is 2.54 bits per heavy atom. The van der Waals surface area contributed by atoms with Gasteiger partial charge in [-0.05, 0) is 69.6 Å². The van der Waals surface area contributed by atoms with Gasteiger partial charge in [-0.1, -0.05) is 35.4 Å². The Balaban J connectivity index is 1.79. The van der Waals surface area contributed by atoms with Crippen LogP contribution in [0.25, 0.3) is 10.9 Å². The fraction of sp³-hybridized carbons (Fsp3) is 0.391. The normalized spacial score (nSPS) is 20.5. The molecule has 0 N–H and O–H groups in total. The fourth-order valence-corrected chi connectivity index (χ4v) is 4.52. The van der Waals surface area contributed by atoms with Crippen LogP contribution in [0.1, 0.15) is 42.3 Å². The van der Waals surface area contributed by atoms with Crippen LogP contribution in [0.15, 0.2) is 42.5 Å². The van der Waals surface area contributed by atoms with Crippen molar-refractivity contribution in [1.82, 2.24) is 9.47 Å². The molecule has 3 aromatic rings. The van der Waals surface area contributed by atoms with Crippen molar-refractivity contribution in [3.8, 4) is 0 Å². The Morgan fingerprint density at radius 1 is 1.08 bits per heavy atom. The third kappa shape index (κ3) is 2.95. The number of hydrogen-bond acceptors (Lipinski definition) is 1. The highest BCUT2D eigenvalue weighted by atomic mass is 35.5. The molecule has 26 heavy (non-hydrogen) atoms. The quantitative estimate of drug-likeness (QED) is 0.570. The second-order valence-electron chi connectivity index (χ2n) is 7.80. The first-order chi connectivity index (χ1) is 12.5. The summed E-state index contributed by atoms with van der Waals surface area (Å²) >= 11 is 6.04. The van der Waals surface area contributed by atoms with Crippen molar-refractivity contribution in [2.45, 2.75) is 52.2 Å². The lowest BCUT2D eigenvalue weighted by Crippen LogP contribution is -2.38. The van der Waals surface area contributed by atoms with Gasteiger partial charge in [0.2, 0.25) is 0 Å². The highest BCUT2D eigenvalue weighted by molar-refractivity contribution is 6.30. The summed E-state index contributed by atoms with van der Waals surface area (Å²) in [5.74, 6) is 0. The van der Waals surface area contributed by atoms with Gasteiger partial charge in [-0.25, -0.2) is 0 Å². The molecule has 1 aliphatic rings. The molecule has 0 saturated heterocycles. The van der Waals surface area contributed by atoms with Crippen molar-refractivity contribution in [2.24, 2.45) is 0 Å². The van der Waals surface area contributed by atoms with Gasteiger partial charge in [0.05, 0.1) is 0 Å². The minimum atomic E-state index is 0.454. The second-order valence-corrected chi connectivity index (χ2v) is 8.24. The van der Waals surface area contributed by atoms with Crippen LogP contribution < -0.4 is 0 Å². The van der Waals surface area contributed by atoms with E-state index in [1.54, 1.807) is 0 Å². The standard InChI is InChI=1S/C23H27ClN2/c1-15-5-10-21-20(13-15)23-17(3)25(4)16(2)14-22(23)26(21)12-11-18-6-8-19(24)9-7-18/h5-10,13,16-17H,11-12,14H2,1-4H3. The Hall–Kier alpha value is -1.77. The smallest absolute Gasteiger partial charge is 0.0486 e.